The summed E-state index contributed by atoms with van der Waals surface area (Å²) in [5, 5.41) is 3.58. The van der Waals surface area contributed by atoms with Gasteiger partial charge in [-0.05, 0) is 48.9 Å². The number of hydrogen-bond acceptors (Lipinski definition) is 1. The highest BCUT2D eigenvalue weighted by molar-refractivity contribution is 5.41. The first-order valence-corrected chi connectivity index (χ1v) is 6.70. The molecule has 1 N–H and O–H groups in total. The molecule has 1 aromatic rings. The molecule has 1 heteroatoms. The minimum Gasteiger partial charge on any atom is -0.310 e. The molecule has 0 aliphatic heterocycles. The lowest BCUT2D eigenvalue weighted by molar-refractivity contribution is 0.549. The third kappa shape index (κ3) is 2.30. The Morgan fingerprint density at radius 2 is 2.19 bits per heavy atom. The summed E-state index contributed by atoms with van der Waals surface area (Å²) in [4.78, 5) is 0. The maximum atomic E-state index is 3.58. The quantitative estimate of drug-likeness (QED) is 0.794. The first-order chi connectivity index (χ1) is 7.86. The fraction of sp³-hybridized carbons (Fsp3) is 0.600. The zero-order valence-corrected chi connectivity index (χ0v) is 10.6. The molecule has 0 aromatic heterocycles. The van der Waals surface area contributed by atoms with Crippen molar-refractivity contribution in [2.75, 3.05) is 6.54 Å². The third-order valence-electron chi connectivity index (χ3n) is 3.62. The van der Waals surface area contributed by atoms with E-state index in [0.29, 0.717) is 6.04 Å². The Bertz CT molecular complexity index is 343. The minimum absolute atomic E-state index is 0.613. The van der Waals surface area contributed by atoms with Gasteiger partial charge in [-0.15, -0.1) is 0 Å². The second kappa shape index (κ2) is 5.49. The van der Waals surface area contributed by atoms with Gasteiger partial charge in [0.15, 0.2) is 0 Å². The minimum atomic E-state index is 0.613. The van der Waals surface area contributed by atoms with E-state index in [0.717, 1.165) is 6.54 Å². The molecular weight excluding hydrogens is 194 g/mol. The highest BCUT2D eigenvalue weighted by Gasteiger charge is 2.22. The summed E-state index contributed by atoms with van der Waals surface area (Å²) in [5.74, 6) is 0. The SMILES string of the molecule is CCCCc1cccc2c1CCC2NCC. The van der Waals surface area contributed by atoms with Crippen LogP contribution in [0.3, 0.4) is 0 Å². The van der Waals surface area contributed by atoms with Gasteiger partial charge in [0.2, 0.25) is 0 Å². The van der Waals surface area contributed by atoms with E-state index in [-0.39, 0.29) is 0 Å². The van der Waals surface area contributed by atoms with Gasteiger partial charge in [-0.2, -0.15) is 0 Å². The summed E-state index contributed by atoms with van der Waals surface area (Å²) in [6.45, 7) is 5.53. The molecule has 0 bridgehead atoms. The monoisotopic (exact) mass is 217 g/mol. The molecule has 0 saturated heterocycles. The van der Waals surface area contributed by atoms with E-state index in [1.807, 2.05) is 0 Å². The van der Waals surface area contributed by atoms with Gasteiger partial charge < -0.3 is 5.32 Å². The number of aryl methyl sites for hydroxylation is 1. The maximum Gasteiger partial charge on any atom is 0.0326 e. The van der Waals surface area contributed by atoms with Crippen molar-refractivity contribution in [2.24, 2.45) is 0 Å². The molecule has 1 aromatic carbocycles. The molecular formula is C15H23N. The Hall–Kier alpha value is -0.820. The number of unbranched alkanes of at least 4 members (excludes halogenated alkanes) is 1. The topological polar surface area (TPSA) is 12.0 Å². The molecule has 1 unspecified atom stereocenters. The zero-order chi connectivity index (χ0) is 11.4. The van der Waals surface area contributed by atoms with Gasteiger partial charge in [-0.25, -0.2) is 0 Å². The number of rotatable bonds is 5. The van der Waals surface area contributed by atoms with E-state index in [1.165, 1.54) is 32.1 Å². The Balaban J connectivity index is 2.18. The third-order valence-corrected chi connectivity index (χ3v) is 3.62. The van der Waals surface area contributed by atoms with Crippen LogP contribution in [-0.4, -0.2) is 6.54 Å². The summed E-state index contributed by atoms with van der Waals surface area (Å²) >= 11 is 0. The van der Waals surface area contributed by atoms with Crippen molar-refractivity contribution >= 4 is 0 Å². The van der Waals surface area contributed by atoms with Crippen LogP contribution >= 0.6 is 0 Å². The van der Waals surface area contributed by atoms with Crippen molar-refractivity contribution < 1.29 is 0 Å². The van der Waals surface area contributed by atoms with Gasteiger partial charge in [0.25, 0.3) is 0 Å². The van der Waals surface area contributed by atoms with Crippen molar-refractivity contribution in [3.05, 3.63) is 34.9 Å². The molecule has 0 spiro atoms. The molecule has 0 heterocycles. The average molecular weight is 217 g/mol. The van der Waals surface area contributed by atoms with E-state index < -0.39 is 0 Å². The van der Waals surface area contributed by atoms with Gasteiger partial charge in [0.05, 0.1) is 0 Å². The average Bonchev–Trinajstić information content (AvgIpc) is 2.71. The number of benzene rings is 1. The van der Waals surface area contributed by atoms with Crippen LogP contribution in [0.25, 0.3) is 0 Å². The van der Waals surface area contributed by atoms with Crippen LogP contribution in [0.15, 0.2) is 18.2 Å². The fourth-order valence-corrected chi connectivity index (χ4v) is 2.79. The van der Waals surface area contributed by atoms with Gasteiger partial charge in [-0.3, -0.25) is 0 Å². The van der Waals surface area contributed by atoms with E-state index in [4.69, 9.17) is 0 Å². The van der Waals surface area contributed by atoms with Gasteiger partial charge >= 0.3 is 0 Å². The van der Waals surface area contributed by atoms with Gasteiger partial charge in [-0.1, -0.05) is 38.5 Å². The number of fused-ring (bicyclic) bond motifs is 1. The second-order valence-electron chi connectivity index (χ2n) is 4.74. The number of hydrogen-bond donors (Lipinski definition) is 1. The van der Waals surface area contributed by atoms with E-state index >= 15 is 0 Å². The molecule has 0 amide bonds. The van der Waals surface area contributed by atoms with Crippen molar-refractivity contribution in [1.29, 1.82) is 0 Å². The molecule has 2 rings (SSSR count). The molecule has 1 atom stereocenters. The summed E-state index contributed by atoms with van der Waals surface area (Å²) in [7, 11) is 0. The molecule has 1 aliphatic rings. The smallest absolute Gasteiger partial charge is 0.0326 e. The molecule has 1 nitrogen and oxygen atoms in total. The lowest BCUT2D eigenvalue weighted by Crippen LogP contribution is -2.18. The van der Waals surface area contributed by atoms with Crippen molar-refractivity contribution in [1.82, 2.24) is 5.32 Å². The Kier molecular flexibility index (Phi) is 4.00. The standard InChI is InChI=1S/C15H23N/c1-3-5-7-12-8-6-9-14-13(12)10-11-15(14)16-4-2/h6,8-9,15-16H,3-5,7,10-11H2,1-2H3. The Morgan fingerprint density at radius 3 is 2.94 bits per heavy atom. The predicted molar refractivity (Wildman–Crippen MR) is 69.8 cm³/mol. The second-order valence-corrected chi connectivity index (χ2v) is 4.74. The van der Waals surface area contributed by atoms with Crippen LogP contribution in [0.2, 0.25) is 0 Å². The van der Waals surface area contributed by atoms with E-state index in [1.54, 1.807) is 16.7 Å². The van der Waals surface area contributed by atoms with E-state index in [9.17, 15) is 0 Å². The summed E-state index contributed by atoms with van der Waals surface area (Å²) < 4.78 is 0. The first-order valence-electron chi connectivity index (χ1n) is 6.70. The van der Waals surface area contributed by atoms with Gasteiger partial charge in [0, 0.05) is 6.04 Å². The highest BCUT2D eigenvalue weighted by atomic mass is 14.9. The summed E-state index contributed by atoms with van der Waals surface area (Å²) in [5.41, 5.74) is 4.80. The van der Waals surface area contributed by atoms with Crippen LogP contribution in [-0.2, 0) is 12.8 Å². The Morgan fingerprint density at radius 1 is 1.31 bits per heavy atom. The van der Waals surface area contributed by atoms with E-state index in [2.05, 4.69) is 37.4 Å². The molecule has 16 heavy (non-hydrogen) atoms. The Labute approximate surface area is 99.3 Å². The molecule has 0 saturated carbocycles. The van der Waals surface area contributed by atoms with Crippen LogP contribution < -0.4 is 5.32 Å². The summed E-state index contributed by atoms with van der Waals surface area (Å²) in [6, 6.07) is 7.48. The van der Waals surface area contributed by atoms with Gasteiger partial charge in [0.1, 0.15) is 0 Å². The lowest BCUT2D eigenvalue weighted by Gasteiger charge is -2.13. The van der Waals surface area contributed by atoms with Crippen LogP contribution in [0.1, 0.15) is 55.8 Å². The fourth-order valence-electron chi connectivity index (χ4n) is 2.79. The molecule has 0 fully saturated rings. The molecule has 88 valence electrons. The maximum absolute atomic E-state index is 3.58. The highest BCUT2D eigenvalue weighted by Crippen LogP contribution is 2.33. The van der Waals surface area contributed by atoms with Crippen molar-refractivity contribution in [3.63, 3.8) is 0 Å². The zero-order valence-electron chi connectivity index (χ0n) is 10.6. The van der Waals surface area contributed by atoms with Crippen LogP contribution in [0.5, 0.6) is 0 Å². The van der Waals surface area contributed by atoms with Crippen LogP contribution in [0.4, 0.5) is 0 Å². The molecule has 0 radical (unpaired) electrons. The van der Waals surface area contributed by atoms with Crippen molar-refractivity contribution in [3.8, 4) is 0 Å². The lowest BCUT2D eigenvalue weighted by atomic mass is 9.98. The largest absolute Gasteiger partial charge is 0.310 e. The summed E-state index contributed by atoms with van der Waals surface area (Å²) in [6.07, 6.45) is 6.43. The predicted octanol–water partition coefficient (Wildman–Crippen LogP) is 3.63. The number of nitrogens with one attached hydrogen (secondary N) is 1. The molecule has 1 aliphatic carbocycles. The van der Waals surface area contributed by atoms with Crippen LogP contribution in [0, 0.1) is 0 Å². The first kappa shape index (κ1) is 11.7. The van der Waals surface area contributed by atoms with Crippen molar-refractivity contribution in [2.45, 2.75) is 52.0 Å². The normalized spacial score (nSPS) is 18.8.